The maximum Gasteiger partial charge on any atom is 0.133 e. The Bertz CT molecular complexity index is 482. The fourth-order valence-electron chi connectivity index (χ4n) is 2.75. The van der Waals surface area contributed by atoms with E-state index < -0.39 is 11.6 Å². The number of rotatable bonds is 5. The van der Waals surface area contributed by atoms with Crippen molar-refractivity contribution in [2.24, 2.45) is 0 Å². The second kappa shape index (κ2) is 7.56. The van der Waals surface area contributed by atoms with Crippen LogP contribution < -0.4 is 5.32 Å². The zero-order valence-electron chi connectivity index (χ0n) is 13.0. The van der Waals surface area contributed by atoms with Crippen LogP contribution in [0.25, 0.3) is 0 Å². The molecular weight excluding hydrogens is 290 g/mol. The zero-order chi connectivity index (χ0) is 15.4. The first kappa shape index (κ1) is 16.7. The minimum absolute atomic E-state index is 0.112. The van der Waals surface area contributed by atoms with Gasteiger partial charge in [0, 0.05) is 29.7 Å². The molecule has 2 rings (SSSR count). The molecule has 1 saturated heterocycles. The van der Waals surface area contributed by atoms with Gasteiger partial charge in [-0.2, -0.15) is 11.8 Å². The standard InChI is InChI=1S/C16H24F2N2S/c1-4-7-19-16(13-10-21-9-8-20(13)3)14-12(17)6-5-11(2)15(14)18/h5-6,13,16,19H,4,7-10H2,1-3H3. The summed E-state index contributed by atoms with van der Waals surface area (Å²) in [5.74, 6) is 1.11. The third-order valence-electron chi connectivity index (χ3n) is 4.07. The quantitative estimate of drug-likeness (QED) is 0.897. The van der Waals surface area contributed by atoms with Gasteiger partial charge in [0.25, 0.3) is 0 Å². The Kier molecular flexibility index (Phi) is 6.02. The number of hydrogen-bond donors (Lipinski definition) is 1. The van der Waals surface area contributed by atoms with E-state index in [1.165, 1.54) is 12.1 Å². The molecule has 2 nitrogen and oxygen atoms in total. The molecule has 118 valence electrons. The number of nitrogens with zero attached hydrogens (tertiary/aromatic N) is 1. The van der Waals surface area contributed by atoms with Crippen LogP contribution in [0.5, 0.6) is 0 Å². The topological polar surface area (TPSA) is 15.3 Å². The lowest BCUT2D eigenvalue weighted by atomic mass is 9.96. The van der Waals surface area contributed by atoms with Gasteiger partial charge in [0.05, 0.1) is 6.04 Å². The molecule has 5 heteroatoms. The molecule has 0 bridgehead atoms. The van der Waals surface area contributed by atoms with Gasteiger partial charge >= 0.3 is 0 Å². The molecule has 0 amide bonds. The number of halogens is 2. The normalized spacial score (nSPS) is 21.5. The Morgan fingerprint density at radius 1 is 1.43 bits per heavy atom. The molecule has 0 aromatic heterocycles. The molecular formula is C16H24F2N2S. The Morgan fingerprint density at radius 2 is 2.19 bits per heavy atom. The predicted octanol–water partition coefficient (Wildman–Crippen LogP) is 3.36. The van der Waals surface area contributed by atoms with Crippen LogP contribution >= 0.6 is 11.8 Å². The molecule has 1 aromatic carbocycles. The first-order valence-electron chi connectivity index (χ1n) is 7.52. The van der Waals surface area contributed by atoms with Gasteiger partial charge in [-0.1, -0.05) is 13.0 Å². The second-order valence-corrected chi connectivity index (χ2v) is 6.80. The fraction of sp³-hybridized carbons (Fsp3) is 0.625. The van der Waals surface area contributed by atoms with Gasteiger partial charge in [-0.3, -0.25) is 4.90 Å². The summed E-state index contributed by atoms with van der Waals surface area (Å²) in [6, 6.07) is 2.69. The van der Waals surface area contributed by atoms with Crippen molar-refractivity contribution >= 4 is 11.8 Å². The van der Waals surface area contributed by atoms with Crippen molar-refractivity contribution in [3.63, 3.8) is 0 Å². The highest BCUT2D eigenvalue weighted by Gasteiger charge is 2.32. The third-order valence-corrected chi connectivity index (χ3v) is 5.12. The average Bonchev–Trinajstić information content (AvgIpc) is 2.47. The molecule has 1 heterocycles. The molecule has 2 atom stereocenters. The molecule has 1 aromatic rings. The summed E-state index contributed by atoms with van der Waals surface area (Å²) in [6.45, 7) is 5.46. The lowest BCUT2D eigenvalue weighted by Gasteiger charge is -2.38. The van der Waals surface area contributed by atoms with Crippen molar-refractivity contribution in [1.29, 1.82) is 0 Å². The second-order valence-electron chi connectivity index (χ2n) is 5.65. The predicted molar refractivity (Wildman–Crippen MR) is 85.9 cm³/mol. The lowest BCUT2D eigenvalue weighted by molar-refractivity contribution is 0.210. The Hall–Kier alpha value is -0.650. The maximum absolute atomic E-state index is 14.5. The van der Waals surface area contributed by atoms with Gasteiger partial charge in [-0.15, -0.1) is 0 Å². The summed E-state index contributed by atoms with van der Waals surface area (Å²) >= 11 is 1.85. The minimum atomic E-state index is -0.448. The van der Waals surface area contributed by atoms with E-state index in [2.05, 4.69) is 17.1 Å². The van der Waals surface area contributed by atoms with E-state index in [9.17, 15) is 8.78 Å². The van der Waals surface area contributed by atoms with E-state index in [-0.39, 0.29) is 17.6 Å². The van der Waals surface area contributed by atoms with Crippen molar-refractivity contribution < 1.29 is 8.78 Å². The summed E-state index contributed by atoms with van der Waals surface area (Å²) in [5, 5.41) is 3.36. The molecule has 0 aliphatic carbocycles. The van der Waals surface area contributed by atoms with Crippen LogP contribution in [-0.2, 0) is 0 Å². The van der Waals surface area contributed by atoms with E-state index in [0.29, 0.717) is 5.56 Å². The monoisotopic (exact) mass is 314 g/mol. The van der Waals surface area contributed by atoms with Gasteiger partial charge in [-0.25, -0.2) is 8.78 Å². The number of thioether (sulfide) groups is 1. The highest BCUT2D eigenvalue weighted by Crippen LogP contribution is 2.31. The first-order valence-corrected chi connectivity index (χ1v) is 8.67. The molecule has 0 radical (unpaired) electrons. The van der Waals surface area contributed by atoms with Crippen LogP contribution in [0.1, 0.15) is 30.5 Å². The lowest BCUT2D eigenvalue weighted by Crippen LogP contribution is -2.48. The number of likely N-dealkylation sites (N-methyl/N-ethyl adjacent to an activating group) is 1. The van der Waals surface area contributed by atoms with E-state index in [4.69, 9.17) is 0 Å². The molecule has 21 heavy (non-hydrogen) atoms. The Labute approximate surface area is 130 Å². The van der Waals surface area contributed by atoms with Crippen molar-refractivity contribution in [2.45, 2.75) is 32.4 Å². The first-order chi connectivity index (χ1) is 10.1. The Balaban J connectivity index is 2.37. The number of benzene rings is 1. The number of hydrogen-bond acceptors (Lipinski definition) is 3. The van der Waals surface area contributed by atoms with E-state index in [1.54, 1.807) is 6.92 Å². The van der Waals surface area contributed by atoms with Crippen molar-refractivity contribution in [2.75, 3.05) is 31.6 Å². The highest BCUT2D eigenvalue weighted by atomic mass is 32.2. The summed E-state index contributed by atoms with van der Waals surface area (Å²) in [7, 11) is 2.04. The van der Waals surface area contributed by atoms with E-state index in [0.717, 1.165) is 31.0 Å². The van der Waals surface area contributed by atoms with E-state index >= 15 is 0 Å². The largest absolute Gasteiger partial charge is 0.308 e. The van der Waals surface area contributed by atoms with Crippen LogP contribution in [0.2, 0.25) is 0 Å². The highest BCUT2D eigenvalue weighted by molar-refractivity contribution is 7.99. The molecule has 0 spiro atoms. The molecule has 2 unspecified atom stereocenters. The SMILES string of the molecule is CCCNC(c1c(F)ccc(C)c1F)C1CSCCN1C. The van der Waals surface area contributed by atoms with Crippen LogP contribution in [0, 0.1) is 18.6 Å². The zero-order valence-corrected chi connectivity index (χ0v) is 13.8. The Morgan fingerprint density at radius 3 is 2.86 bits per heavy atom. The third kappa shape index (κ3) is 3.76. The van der Waals surface area contributed by atoms with Crippen molar-refractivity contribution in [3.8, 4) is 0 Å². The van der Waals surface area contributed by atoms with Gasteiger partial charge in [0.15, 0.2) is 0 Å². The molecule has 1 N–H and O–H groups in total. The van der Waals surface area contributed by atoms with E-state index in [1.807, 2.05) is 18.8 Å². The van der Waals surface area contributed by atoms with Crippen LogP contribution in [-0.4, -0.2) is 42.6 Å². The minimum Gasteiger partial charge on any atom is -0.308 e. The number of nitrogens with one attached hydrogen (secondary N) is 1. The van der Waals surface area contributed by atoms with Crippen LogP contribution in [0.4, 0.5) is 8.78 Å². The average molecular weight is 314 g/mol. The van der Waals surface area contributed by atoms with Crippen molar-refractivity contribution in [1.82, 2.24) is 10.2 Å². The molecule has 1 aliphatic heterocycles. The summed E-state index contributed by atoms with van der Waals surface area (Å²) in [5.41, 5.74) is 0.698. The van der Waals surface area contributed by atoms with Crippen molar-refractivity contribution in [3.05, 3.63) is 34.9 Å². The molecule has 0 saturated carbocycles. The van der Waals surface area contributed by atoms with Gasteiger partial charge in [0.2, 0.25) is 0 Å². The van der Waals surface area contributed by atoms with Gasteiger partial charge < -0.3 is 5.32 Å². The number of aryl methyl sites for hydroxylation is 1. The summed E-state index contributed by atoms with van der Waals surface area (Å²) < 4.78 is 28.8. The maximum atomic E-state index is 14.5. The fourth-order valence-corrected chi connectivity index (χ4v) is 4.02. The summed E-state index contributed by atoms with van der Waals surface area (Å²) in [4.78, 5) is 2.21. The van der Waals surface area contributed by atoms with Crippen LogP contribution in [0.15, 0.2) is 12.1 Å². The van der Waals surface area contributed by atoms with Gasteiger partial charge in [-0.05, 0) is 38.6 Å². The molecule has 1 aliphatic rings. The summed E-state index contributed by atoms with van der Waals surface area (Å²) in [6.07, 6.45) is 0.940. The van der Waals surface area contributed by atoms with Gasteiger partial charge in [0.1, 0.15) is 11.6 Å². The molecule has 1 fully saturated rings. The van der Waals surface area contributed by atoms with Crippen LogP contribution in [0.3, 0.4) is 0 Å². The smallest absolute Gasteiger partial charge is 0.133 e.